The molecule has 4 N–H and O–H groups in total. The Morgan fingerprint density at radius 2 is 1.08 bits per heavy atom. The van der Waals surface area contributed by atoms with E-state index in [2.05, 4.69) is 65.8 Å². The van der Waals surface area contributed by atoms with E-state index in [1.807, 2.05) is 0 Å². The first-order valence-electron chi connectivity index (χ1n) is 9.60. The van der Waals surface area contributed by atoms with Gasteiger partial charge in [-0.1, -0.05) is 41.5 Å². The number of nitrogen functional groups attached to an aromatic ring is 2. The molecule has 2 heteroatoms. The Bertz CT molecular complexity index is 688. The molecule has 2 aromatic rings. The highest BCUT2D eigenvalue weighted by atomic mass is 14.6. The molecule has 0 amide bonds. The Hall–Kier alpha value is -1.96. The second-order valence-electron chi connectivity index (χ2n) is 7.69. The Kier molecular flexibility index (Phi) is 6.16. The van der Waals surface area contributed by atoms with Crippen molar-refractivity contribution in [2.75, 3.05) is 11.5 Å². The SMILES string of the molecule is CCc1cc(N)cc(CC)c1Cc1c(C(C)C)cc(N)cc1C(C)C. The summed E-state index contributed by atoms with van der Waals surface area (Å²) in [6.07, 6.45) is 2.99. The van der Waals surface area contributed by atoms with Crippen LogP contribution >= 0.6 is 0 Å². The number of hydrogen-bond donors (Lipinski definition) is 2. The van der Waals surface area contributed by atoms with Crippen LogP contribution in [0.2, 0.25) is 0 Å². The lowest BCUT2D eigenvalue weighted by atomic mass is 9.82. The molecule has 0 bridgehead atoms. The minimum Gasteiger partial charge on any atom is -0.399 e. The molecule has 0 saturated carbocycles. The maximum atomic E-state index is 6.21. The third-order valence-corrected chi connectivity index (χ3v) is 5.16. The predicted molar refractivity (Wildman–Crippen MR) is 111 cm³/mol. The molecule has 0 aliphatic heterocycles. The topological polar surface area (TPSA) is 52.0 Å². The van der Waals surface area contributed by atoms with E-state index in [9.17, 15) is 0 Å². The standard InChI is InChI=1S/C23H34N2/c1-7-16-9-18(24)10-17(8-2)22(16)13-23-20(14(3)4)11-19(25)12-21(23)15(5)6/h9-12,14-15H,7-8,13,24-25H2,1-6H3. The van der Waals surface area contributed by atoms with Crippen molar-refractivity contribution in [2.45, 2.75) is 72.6 Å². The number of nitrogens with two attached hydrogens (primary N) is 2. The van der Waals surface area contributed by atoms with Gasteiger partial charge in [0.25, 0.3) is 0 Å². The molecule has 0 aliphatic carbocycles. The quantitative estimate of drug-likeness (QED) is 0.653. The van der Waals surface area contributed by atoms with E-state index in [1.54, 1.807) is 0 Å². The molecule has 0 heterocycles. The molecular formula is C23H34N2. The Morgan fingerprint density at radius 1 is 0.680 bits per heavy atom. The summed E-state index contributed by atoms with van der Waals surface area (Å²) in [5.74, 6) is 0.917. The van der Waals surface area contributed by atoms with Crippen LogP contribution in [0.3, 0.4) is 0 Å². The van der Waals surface area contributed by atoms with Crippen LogP contribution in [0.4, 0.5) is 11.4 Å². The molecule has 136 valence electrons. The number of benzene rings is 2. The maximum Gasteiger partial charge on any atom is 0.0319 e. The van der Waals surface area contributed by atoms with Crippen LogP contribution < -0.4 is 11.5 Å². The smallest absolute Gasteiger partial charge is 0.0319 e. The van der Waals surface area contributed by atoms with Crippen molar-refractivity contribution in [3.63, 3.8) is 0 Å². The van der Waals surface area contributed by atoms with Crippen LogP contribution in [0.1, 0.15) is 86.8 Å². The third-order valence-electron chi connectivity index (χ3n) is 5.16. The number of anilines is 2. The summed E-state index contributed by atoms with van der Waals surface area (Å²) in [6.45, 7) is 13.5. The third kappa shape index (κ3) is 4.18. The highest BCUT2D eigenvalue weighted by Crippen LogP contribution is 2.34. The fourth-order valence-corrected chi connectivity index (χ4v) is 3.84. The van der Waals surface area contributed by atoms with E-state index in [4.69, 9.17) is 11.5 Å². The number of aryl methyl sites for hydroxylation is 2. The molecule has 25 heavy (non-hydrogen) atoms. The van der Waals surface area contributed by atoms with Crippen molar-refractivity contribution >= 4 is 11.4 Å². The Morgan fingerprint density at radius 3 is 1.44 bits per heavy atom. The van der Waals surface area contributed by atoms with Crippen molar-refractivity contribution < 1.29 is 0 Å². The zero-order valence-electron chi connectivity index (χ0n) is 16.7. The van der Waals surface area contributed by atoms with E-state index in [0.717, 1.165) is 30.6 Å². The molecule has 2 rings (SSSR count). The monoisotopic (exact) mass is 338 g/mol. The highest BCUT2D eigenvalue weighted by molar-refractivity contribution is 5.56. The summed E-state index contributed by atoms with van der Waals surface area (Å²) in [5.41, 5.74) is 22.5. The summed E-state index contributed by atoms with van der Waals surface area (Å²) in [6, 6.07) is 8.63. The van der Waals surface area contributed by atoms with Gasteiger partial charge in [-0.25, -0.2) is 0 Å². The molecule has 0 fully saturated rings. The summed E-state index contributed by atoms with van der Waals surface area (Å²) in [4.78, 5) is 0. The summed E-state index contributed by atoms with van der Waals surface area (Å²) in [7, 11) is 0. The first kappa shape index (κ1) is 19.4. The van der Waals surface area contributed by atoms with Crippen molar-refractivity contribution in [3.8, 4) is 0 Å². The summed E-state index contributed by atoms with van der Waals surface area (Å²) >= 11 is 0. The molecule has 0 spiro atoms. The van der Waals surface area contributed by atoms with Gasteiger partial charge in [0.2, 0.25) is 0 Å². The molecule has 0 aromatic heterocycles. The maximum absolute atomic E-state index is 6.21. The predicted octanol–water partition coefficient (Wildman–Crippen LogP) is 5.81. The minimum absolute atomic E-state index is 0.458. The Labute approximate surface area is 153 Å². The average molecular weight is 339 g/mol. The van der Waals surface area contributed by atoms with E-state index in [-0.39, 0.29) is 0 Å². The van der Waals surface area contributed by atoms with Crippen molar-refractivity contribution in [2.24, 2.45) is 0 Å². The fourth-order valence-electron chi connectivity index (χ4n) is 3.84. The molecule has 0 aliphatic rings. The van der Waals surface area contributed by atoms with Gasteiger partial charge in [-0.05, 0) is 88.7 Å². The molecule has 0 unspecified atom stereocenters. The van der Waals surface area contributed by atoms with Crippen LogP contribution in [0, 0.1) is 0 Å². The van der Waals surface area contributed by atoms with Gasteiger partial charge in [0.05, 0.1) is 0 Å². The largest absolute Gasteiger partial charge is 0.399 e. The zero-order valence-corrected chi connectivity index (χ0v) is 16.7. The molecule has 0 saturated heterocycles. The molecule has 2 nitrogen and oxygen atoms in total. The molecule has 0 atom stereocenters. The fraction of sp³-hybridized carbons (Fsp3) is 0.478. The molecule has 2 aromatic carbocycles. The second-order valence-corrected chi connectivity index (χ2v) is 7.69. The van der Waals surface area contributed by atoms with E-state index < -0.39 is 0 Å². The van der Waals surface area contributed by atoms with E-state index in [0.29, 0.717) is 11.8 Å². The highest BCUT2D eigenvalue weighted by Gasteiger charge is 2.18. The normalized spacial score (nSPS) is 11.5. The Balaban J connectivity index is 2.68. The van der Waals surface area contributed by atoms with Crippen molar-refractivity contribution in [1.29, 1.82) is 0 Å². The van der Waals surface area contributed by atoms with Crippen LogP contribution in [-0.4, -0.2) is 0 Å². The van der Waals surface area contributed by atoms with Crippen LogP contribution in [-0.2, 0) is 19.3 Å². The van der Waals surface area contributed by atoms with Gasteiger partial charge in [0, 0.05) is 11.4 Å². The van der Waals surface area contributed by atoms with Gasteiger partial charge < -0.3 is 11.5 Å². The molecular weight excluding hydrogens is 304 g/mol. The number of hydrogen-bond acceptors (Lipinski definition) is 2. The van der Waals surface area contributed by atoms with Crippen molar-refractivity contribution in [3.05, 3.63) is 57.6 Å². The van der Waals surface area contributed by atoms with E-state index >= 15 is 0 Å². The average Bonchev–Trinajstić information content (AvgIpc) is 2.56. The van der Waals surface area contributed by atoms with Gasteiger partial charge in [-0.2, -0.15) is 0 Å². The first-order valence-corrected chi connectivity index (χ1v) is 9.60. The van der Waals surface area contributed by atoms with Gasteiger partial charge in [0.15, 0.2) is 0 Å². The van der Waals surface area contributed by atoms with Gasteiger partial charge in [-0.15, -0.1) is 0 Å². The van der Waals surface area contributed by atoms with Gasteiger partial charge in [0.1, 0.15) is 0 Å². The first-order chi connectivity index (χ1) is 11.8. The zero-order chi connectivity index (χ0) is 18.7. The minimum atomic E-state index is 0.458. The summed E-state index contributed by atoms with van der Waals surface area (Å²) < 4.78 is 0. The second kappa shape index (κ2) is 7.95. The van der Waals surface area contributed by atoms with Gasteiger partial charge >= 0.3 is 0 Å². The van der Waals surface area contributed by atoms with Crippen molar-refractivity contribution in [1.82, 2.24) is 0 Å². The van der Waals surface area contributed by atoms with E-state index in [1.165, 1.54) is 33.4 Å². The lowest BCUT2D eigenvalue weighted by molar-refractivity contribution is 0.803. The summed E-state index contributed by atoms with van der Waals surface area (Å²) in [5, 5.41) is 0. The van der Waals surface area contributed by atoms with Crippen LogP contribution in [0.5, 0.6) is 0 Å². The van der Waals surface area contributed by atoms with Gasteiger partial charge in [-0.3, -0.25) is 0 Å². The lowest BCUT2D eigenvalue weighted by Crippen LogP contribution is -2.09. The van der Waals surface area contributed by atoms with Crippen LogP contribution in [0.15, 0.2) is 24.3 Å². The molecule has 0 radical (unpaired) electrons. The number of rotatable bonds is 6. The van der Waals surface area contributed by atoms with Crippen LogP contribution in [0.25, 0.3) is 0 Å². The lowest BCUT2D eigenvalue weighted by Gasteiger charge is -2.23.